The van der Waals surface area contributed by atoms with Gasteiger partial charge in [-0.1, -0.05) is 179 Å². The number of nitrogens with one attached hydrogen (secondary N) is 3. The molecule has 13 aliphatic rings. The van der Waals surface area contributed by atoms with Gasteiger partial charge in [-0.25, -0.2) is 4.39 Å². The molecule has 9 fully saturated rings. The molecular formula is C113H150FN7O7S2. The number of benzene rings is 4. The number of alkyl halides is 1. The van der Waals surface area contributed by atoms with Crippen molar-refractivity contribution in [3.63, 3.8) is 0 Å². The molecule has 698 valence electrons. The number of fused-ring (bicyclic) bond motifs is 5. The van der Waals surface area contributed by atoms with Gasteiger partial charge in [0, 0.05) is 151 Å². The van der Waals surface area contributed by atoms with Gasteiger partial charge >= 0.3 is 0 Å². The first-order valence-corrected chi connectivity index (χ1v) is 53.1. The predicted octanol–water partition coefficient (Wildman–Crippen LogP) is 25.2. The number of aromatic nitrogens is 4. The standard InChI is InChI=1S/C29H38FNO2.2C28H38N2O2.C28H36N2OS2/c30-18-21-32-26-13-12-23(24-9-1-2-10-25(24)26)8-7-14-28(27-11-3-6-19-31-27)17-20-33-29(22-28)15-4-5-16-29;2*1-31-20-22-11-12-25(24-9-3-2-8-23(22)24)29-18-15-27(26-10-4-7-17-30-26)16-19-32-28(21-27)13-5-6-14-28;1-2-8-23-22(7-1)24(10-13-28(23)32-19-20-33-28)29-17-14-26(25-9-3-6-16-30-25)15-18-31-27(21-26)11-4-5-12-27/h1-3,6,9-11,19,23,26H,4-5,7-8,12-18,20-22H2;2*2-4,7-10,17,22,25,29H,5-6,11-16,18-21H2,1H3;1-3,6-9,16,24,29H,4-5,10-15,17-21H2/t23-,26-,28+;22-,25+,27-;22-,25-,27+;24-,26+/m0100/s1. The molecule has 4 saturated carbocycles. The Morgan fingerprint density at radius 1 is 0.354 bits per heavy atom. The van der Waals surface area contributed by atoms with Crippen molar-refractivity contribution in [1.82, 2.24) is 35.9 Å². The first-order chi connectivity index (χ1) is 63.9. The van der Waals surface area contributed by atoms with E-state index < -0.39 is 6.67 Å². The van der Waals surface area contributed by atoms with Crippen LogP contribution in [0.25, 0.3) is 0 Å². The maximum Gasteiger partial charge on any atom is 0.113 e. The number of rotatable bonds is 27. The number of methoxy groups -OCH3 is 2. The predicted molar refractivity (Wildman–Crippen MR) is 525 cm³/mol. The quantitative estimate of drug-likeness (QED) is 0.0447. The third kappa shape index (κ3) is 21.4. The number of hydrogen-bond donors (Lipinski definition) is 3. The monoisotopic (exact) mass is 1800 g/mol. The van der Waals surface area contributed by atoms with Gasteiger partial charge in [0.25, 0.3) is 0 Å². The Balaban J connectivity index is 0.000000117. The van der Waals surface area contributed by atoms with E-state index >= 15 is 0 Å². The summed E-state index contributed by atoms with van der Waals surface area (Å²) in [5.74, 6) is 4.17. The van der Waals surface area contributed by atoms with Crippen molar-refractivity contribution in [3.05, 3.63) is 262 Å². The molecule has 4 aromatic heterocycles. The number of nitrogens with zero attached hydrogens (tertiary/aromatic N) is 4. The van der Waals surface area contributed by atoms with E-state index in [9.17, 15) is 4.39 Å². The van der Waals surface area contributed by atoms with Gasteiger partial charge in [-0.3, -0.25) is 19.9 Å². The molecule has 0 amide bonds. The number of thioether (sulfide) groups is 2. The minimum absolute atomic E-state index is 0.0470. The summed E-state index contributed by atoms with van der Waals surface area (Å²) in [5.41, 5.74) is 17.6. The molecule has 5 aliphatic heterocycles. The van der Waals surface area contributed by atoms with Crippen LogP contribution in [0.1, 0.15) is 353 Å². The van der Waals surface area contributed by atoms with Gasteiger partial charge < -0.3 is 49.1 Å². The molecule has 11 atom stereocenters. The molecule has 17 heteroatoms. The SMILES string of the molecule is COC[C@@H]1CC[C@H](NCC[C@@]2(c3ccccn3)CCOC3(CCCC3)C2)c2ccccc21.COC[C@H]1CC[C@H](NCC[C@@]2(c3ccccn3)CCOC3(CCCC3)C2)c2ccccc21.FCCO[C@H]1CC[C@H](CCC[C@@]2(c3ccccn3)CCOC3(CCCC3)C2)c2ccccc21.c1ccc([C@]2(CCN[C@H]3CCC4(SCCS4)c4ccccc43)CCOC3(CCCC3)C2)nc1. The van der Waals surface area contributed by atoms with Crippen LogP contribution in [-0.4, -0.2) is 141 Å². The second-order valence-electron chi connectivity index (χ2n) is 41.5. The van der Waals surface area contributed by atoms with Crippen LogP contribution in [0.3, 0.4) is 0 Å². The first-order valence-electron chi connectivity index (χ1n) is 51.2. The van der Waals surface area contributed by atoms with Gasteiger partial charge in [-0.2, -0.15) is 0 Å². The smallest absolute Gasteiger partial charge is 0.113 e. The molecule has 5 saturated heterocycles. The highest BCUT2D eigenvalue weighted by Crippen LogP contribution is 2.61. The second-order valence-corrected chi connectivity index (χ2v) is 44.6. The molecule has 21 rings (SSSR count). The van der Waals surface area contributed by atoms with Crippen molar-refractivity contribution >= 4 is 23.5 Å². The van der Waals surface area contributed by atoms with Gasteiger partial charge in [0.1, 0.15) is 6.67 Å². The van der Waals surface area contributed by atoms with Crippen molar-refractivity contribution < 1.29 is 37.5 Å². The molecule has 0 bridgehead atoms. The molecule has 9 heterocycles. The largest absolute Gasteiger partial charge is 0.384 e. The van der Waals surface area contributed by atoms with E-state index in [0.717, 1.165) is 143 Å². The van der Waals surface area contributed by atoms with Crippen LogP contribution in [-0.2, 0) is 58.9 Å². The van der Waals surface area contributed by atoms with Crippen molar-refractivity contribution in [3.8, 4) is 0 Å². The minimum atomic E-state index is -0.414. The summed E-state index contributed by atoms with van der Waals surface area (Å²) in [6.07, 6.45) is 53.2. The lowest BCUT2D eigenvalue weighted by atomic mass is 9.66. The van der Waals surface area contributed by atoms with Crippen LogP contribution in [0.15, 0.2) is 195 Å². The van der Waals surface area contributed by atoms with Crippen LogP contribution in [0.4, 0.5) is 4.39 Å². The van der Waals surface area contributed by atoms with Crippen LogP contribution in [0.2, 0.25) is 0 Å². The van der Waals surface area contributed by atoms with Crippen LogP contribution in [0.5, 0.6) is 0 Å². The molecule has 0 unspecified atom stereocenters. The lowest BCUT2D eigenvalue weighted by Crippen LogP contribution is -2.47. The Bertz CT molecular complexity index is 4670. The van der Waals surface area contributed by atoms with Gasteiger partial charge in [0.2, 0.25) is 0 Å². The van der Waals surface area contributed by atoms with E-state index in [4.69, 9.17) is 53.1 Å². The lowest BCUT2D eigenvalue weighted by Gasteiger charge is -2.47. The van der Waals surface area contributed by atoms with Crippen molar-refractivity contribution in [2.24, 2.45) is 0 Å². The minimum Gasteiger partial charge on any atom is -0.384 e. The van der Waals surface area contributed by atoms with E-state index in [1.165, 1.54) is 234 Å². The van der Waals surface area contributed by atoms with Crippen molar-refractivity contribution in [1.29, 1.82) is 0 Å². The fraction of sp³-hybridized carbons (Fsp3) is 0.611. The summed E-state index contributed by atoms with van der Waals surface area (Å²) >= 11 is 4.35. The van der Waals surface area contributed by atoms with Crippen LogP contribution < -0.4 is 16.0 Å². The van der Waals surface area contributed by atoms with E-state index in [0.29, 0.717) is 40.0 Å². The summed E-state index contributed by atoms with van der Waals surface area (Å²) in [4.78, 5) is 19.5. The van der Waals surface area contributed by atoms with E-state index in [-0.39, 0.29) is 56.8 Å². The summed E-state index contributed by atoms with van der Waals surface area (Å²) in [7, 11) is 3.63. The third-order valence-corrected chi connectivity index (χ3v) is 37.4. The number of hydrogen-bond acceptors (Lipinski definition) is 16. The van der Waals surface area contributed by atoms with E-state index in [2.05, 4.69) is 185 Å². The summed E-state index contributed by atoms with van der Waals surface area (Å²) in [6.45, 7) is 7.94. The zero-order valence-electron chi connectivity index (χ0n) is 78.4. The van der Waals surface area contributed by atoms with E-state index in [1.54, 1.807) is 5.56 Å². The van der Waals surface area contributed by atoms with Crippen molar-refractivity contribution in [2.75, 3.05) is 98.3 Å². The molecule has 14 nitrogen and oxygen atoms in total. The number of halogens is 1. The second kappa shape index (κ2) is 43.8. The highest BCUT2D eigenvalue weighted by atomic mass is 32.2. The molecule has 0 radical (unpaired) electrons. The van der Waals surface area contributed by atoms with Crippen LogP contribution >= 0.6 is 23.5 Å². The zero-order valence-corrected chi connectivity index (χ0v) is 80.1. The highest BCUT2D eigenvalue weighted by Gasteiger charge is 2.54. The maximum absolute atomic E-state index is 12.7. The zero-order chi connectivity index (χ0) is 88.5. The normalized spacial score (nSPS) is 29.2. The van der Waals surface area contributed by atoms with Gasteiger partial charge in [-0.05, 0) is 305 Å². The summed E-state index contributed by atoms with van der Waals surface area (Å²) < 4.78 is 55.5. The highest BCUT2D eigenvalue weighted by molar-refractivity contribution is 8.20. The van der Waals surface area contributed by atoms with Gasteiger partial charge in [0.15, 0.2) is 0 Å². The first kappa shape index (κ1) is 94.1. The van der Waals surface area contributed by atoms with E-state index in [1.807, 2.05) is 63.3 Å². The molecule has 5 spiro atoms. The topological polar surface area (TPSA) is 152 Å². The fourth-order valence-corrected chi connectivity index (χ4v) is 30.9. The van der Waals surface area contributed by atoms with Crippen molar-refractivity contribution in [2.45, 2.75) is 334 Å². The third-order valence-electron chi connectivity index (χ3n) is 33.9. The molecule has 130 heavy (non-hydrogen) atoms. The Labute approximate surface area is 786 Å². The number of ether oxygens (including phenoxy) is 7. The average molecular weight is 1800 g/mol. The lowest BCUT2D eigenvalue weighted by molar-refractivity contribution is -0.105. The fourth-order valence-electron chi connectivity index (χ4n) is 27.5. The Morgan fingerprint density at radius 3 is 1.07 bits per heavy atom. The summed E-state index contributed by atoms with van der Waals surface area (Å²) in [5, 5.41) is 11.9. The molecule has 4 aromatic carbocycles. The average Bonchev–Trinajstić information content (AvgIpc) is 1.25. The van der Waals surface area contributed by atoms with Gasteiger partial charge in [0.05, 0.1) is 52.4 Å². The number of pyridine rings is 4. The van der Waals surface area contributed by atoms with Gasteiger partial charge in [-0.15, -0.1) is 23.5 Å². The molecule has 8 aromatic rings. The molecule has 3 N–H and O–H groups in total. The Kier molecular flexibility index (Phi) is 31.7. The Hall–Kier alpha value is -6.29. The maximum atomic E-state index is 12.7. The molecule has 8 aliphatic carbocycles. The summed E-state index contributed by atoms with van der Waals surface area (Å²) in [6, 6.07) is 63.0. The molecular weight excluding hydrogens is 1650 g/mol. The Morgan fingerprint density at radius 2 is 0.692 bits per heavy atom. The van der Waals surface area contributed by atoms with Crippen LogP contribution in [0, 0.1) is 0 Å².